The number of rotatable bonds is 11. The standard InChI is InChI=1S/C18H40N2/c1-9-18(10-2,13-19-12-16(5)6)14-20(8)17(7)11-15(3)4/h15-17,19H,9-14H2,1-8H3. The number of nitrogens with one attached hydrogen (secondary N) is 1. The molecule has 0 radical (unpaired) electrons. The van der Waals surface area contributed by atoms with Crippen LogP contribution < -0.4 is 5.32 Å². The van der Waals surface area contributed by atoms with E-state index in [1.165, 1.54) is 25.8 Å². The average Bonchev–Trinajstić information content (AvgIpc) is 2.36. The zero-order valence-electron chi connectivity index (χ0n) is 15.4. The molecule has 0 aliphatic heterocycles. The molecule has 0 aliphatic carbocycles. The second-order valence-corrected chi connectivity index (χ2v) is 7.63. The van der Waals surface area contributed by atoms with Crippen LogP contribution in [0.25, 0.3) is 0 Å². The molecular weight excluding hydrogens is 244 g/mol. The quantitative estimate of drug-likeness (QED) is 0.605. The van der Waals surface area contributed by atoms with Crippen LogP contribution in [-0.2, 0) is 0 Å². The lowest BCUT2D eigenvalue weighted by Crippen LogP contribution is -2.45. The first-order valence-electron chi connectivity index (χ1n) is 8.67. The maximum Gasteiger partial charge on any atom is 0.00665 e. The summed E-state index contributed by atoms with van der Waals surface area (Å²) in [6, 6.07) is 0.678. The fourth-order valence-corrected chi connectivity index (χ4v) is 2.95. The van der Waals surface area contributed by atoms with Crippen molar-refractivity contribution in [3.8, 4) is 0 Å². The molecule has 1 N–H and O–H groups in total. The SMILES string of the molecule is CCC(CC)(CNCC(C)C)CN(C)C(C)CC(C)C. The third kappa shape index (κ3) is 7.64. The van der Waals surface area contributed by atoms with E-state index >= 15 is 0 Å². The van der Waals surface area contributed by atoms with Crippen molar-refractivity contribution >= 4 is 0 Å². The van der Waals surface area contributed by atoms with Gasteiger partial charge in [-0.15, -0.1) is 0 Å². The van der Waals surface area contributed by atoms with Crippen molar-refractivity contribution in [2.45, 2.75) is 73.8 Å². The molecule has 0 aromatic rings. The minimum absolute atomic E-state index is 0.425. The number of hydrogen-bond acceptors (Lipinski definition) is 2. The summed E-state index contributed by atoms with van der Waals surface area (Å²) in [5.41, 5.74) is 0.425. The van der Waals surface area contributed by atoms with Crippen molar-refractivity contribution in [3.63, 3.8) is 0 Å². The summed E-state index contributed by atoms with van der Waals surface area (Å²) in [5.74, 6) is 1.52. The Labute approximate surface area is 128 Å². The highest BCUT2D eigenvalue weighted by atomic mass is 15.1. The van der Waals surface area contributed by atoms with E-state index in [1.54, 1.807) is 0 Å². The average molecular weight is 285 g/mol. The molecule has 0 saturated carbocycles. The van der Waals surface area contributed by atoms with Crippen LogP contribution in [0.15, 0.2) is 0 Å². The van der Waals surface area contributed by atoms with Crippen molar-refractivity contribution in [1.82, 2.24) is 10.2 Å². The molecule has 0 spiro atoms. The first-order valence-corrected chi connectivity index (χ1v) is 8.67. The number of hydrogen-bond donors (Lipinski definition) is 1. The highest BCUT2D eigenvalue weighted by Gasteiger charge is 2.29. The van der Waals surface area contributed by atoms with Gasteiger partial charge < -0.3 is 10.2 Å². The van der Waals surface area contributed by atoms with Gasteiger partial charge in [-0.25, -0.2) is 0 Å². The van der Waals surface area contributed by atoms with Crippen molar-refractivity contribution < 1.29 is 0 Å². The largest absolute Gasteiger partial charge is 0.316 e. The summed E-state index contributed by atoms with van der Waals surface area (Å²) in [6.07, 6.45) is 3.81. The van der Waals surface area contributed by atoms with Gasteiger partial charge in [0.1, 0.15) is 0 Å². The molecule has 0 aromatic carbocycles. The summed E-state index contributed by atoms with van der Waals surface area (Å²) in [4.78, 5) is 2.57. The van der Waals surface area contributed by atoms with E-state index < -0.39 is 0 Å². The summed E-state index contributed by atoms with van der Waals surface area (Å²) < 4.78 is 0. The maximum atomic E-state index is 3.69. The summed E-state index contributed by atoms with van der Waals surface area (Å²) in [6.45, 7) is 19.8. The highest BCUT2D eigenvalue weighted by Crippen LogP contribution is 2.28. The Kier molecular flexibility index (Phi) is 9.74. The van der Waals surface area contributed by atoms with Gasteiger partial charge in [0.15, 0.2) is 0 Å². The van der Waals surface area contributed by atoms with Gasteiger partial charge >= 0.3 is 0 Å². The van der Waals surface area contributed by atoms with E-state index in [4.69, 9.17) is 0 Å². The molecule has 0 aliphatic rings. The van der Waals surface area contributed by atoms with E-state index in [9.17, 15) is 0 Å². The molecule has 0 saturated heterocycles. The predicted octanol–water partition coefficient (Wildman–Crippen LogP) is 4.40. The van der Waals surface area contributed by atoms with E-state index in [2.05, 4.69) is 65.7 Å². The van der Waals surface area contributed by atoms with Gasteiger partial charge in [0.25, 0.3) is 0 Å². The topological polar surface area (TPSA) is 15.3 Å². The molecule has 0 heterocycles. The van der Waals surface area contributed by atoms with Gasteiger partial charge in [0, 0.05) is 19.1 Å². The monoisotopic (exact) mass is 284 g/mol. The van der Waals surface area contributed by atoms with Gasteiger partial charge in [0.05, 0.1) is 0 Å². The second-order valence-electron chi connectivity index (χ2n) is 7.63. The van der Waals surface area contributed by atoms with Crippen LogP contribution in [0.5, 0.6) is 0 Å². The minimum Gasteiger partial charge on any atom is -0.316 e. The normalized spacial score (nSPS) is 14.6. The van der Waals surface area contributed by atoms with Crippen LogP contribution in [0, 0.1) is 17.3 Å². The zero-order valence-corrected chi connectivity index (χ0v) is 15.4. The van der Waals surface area contributed by atoms with E-state index in [1.807, 2.05) is 0 Å². The smallest absolute Gasteiger partial charge is 0.00665 e. The van der Waals surface area contributed by atoms with Crippen LogP contribution in [0.4, 0.5) is 0 Å². The molecule has 0 rings (SSSR count). The third-order valence-electron chi connectivity index (χ3n) is 4.70. The highest BCUT2D eigenvalue weighted by molar-refractivity contribution is 4.84. The Morgan fingerprint density at radius 2 is 1.50 bits per heavy atom. The summed E-state index contributed by atoms with van der Waals surface area (Å²) in [7, 11) is 2.30. The lowest BCUT2D eigenvalue weighted by atomic mass is 9.81. The lowest BCUT2D eigenvalue weighted by molar-refractivity contribution is 0.118. The van der Waals surface area contributed by atoms with E-state index in [-0.39, 0.29) is 0 Å². The molecule has 20 heavy (non-hydrogen) atoms. The molecule has 1 unspecified atom stereocenters. The fourth-order valence-electron chi connectivity index (χ4n) is 2.95. The molecule has 0 bridgehead atoms. The Bertz CT molecular complexity index is 232. The van der Waals surface area contributed by atoms with Crippen molar-refractivity contribution in [1.29, 1.82) is 0 Å². The van der Waals surface area contributed by atoms with E-state index in [0.717, 1.165) is 24.9 Å². The van der Waals surface area contributed by atoms with Crippen molar-refractivity contribution in [2.75, 3.05) is 26.7 Å². The Hall–Kier alpha value is -0.0800. The first kappa shape index (κ1) is 19.9. The van der Waals surface area contributed by atoms with Crippen LogP contribution in [0.2, 0.25) is 0 Å². The Morgan fingerprint density at radius 3 is 1.90 bits per heavy atom. The third-order valence-corrected chi connectivity index (χ3v) is 4.70. The van der Waals surface area contributed by atoms with Crippen molar-refractivity contribution in [3.05, 3.63) is 0 Å². The van der Waals surface area contributed by atoms with Crippen LogP contribution in [0.1, 0.15) is 67.7 Å². The minimum atomic E-state index is 0.425. The van der Waals surface area contributed by atoms with Crippen molar-refractivity contribution in [2.24, 2.45) is 17.3 Å². The Balaban J connectivity index is 4.49. The van der Waals surface area contributed by atoms with Gasteiger partial charge in [-0.1, -0.05) is 41.5 Å². The molecule has 1 atom stereocenters. The maximum absolute atomic E-state index is 3.69. The fraction of sp³-hybridized carbons (Fsp3) is 1.00. The molecule has 0 amide bonds. The summed E-state index contributed by atoms with van der Waals surface area (Å²) in [5, 5.41) is 3.69. The molecular formula is C18H40N2. The summed E-state index contributed by atoms with van der Waals surface area (Å²) >= 11 is 0. The lowest BCUT2D eigenvalue weighted by Gasteiger charge is -2.39. The second kappa shape index (κ2) is 9.78. The van der Waals surface area contributed by atoms with Gasteiger partial charge in [0.2, 0.25) is 0 Å². The van der Waals surface area contributed by atoms with E-state index in [0.29, 0.717) is 11.5 Å². The van der Waals surface area contributed by atoms with Gasteiger partial charge in [-0.2, -0.15) is 0 Å². The van der Waals surface area contributed by atoms with Gasteiger partial charge in [-0.3, -0.25) is 0 Å². The predicted molar refractivity (Wildman–Crippen MR) is 92.3 cm³/mol. The molecule has 0 aromatic heterocycles. The van der Waals surface area contributed by atoms with Crippen LogP contribution in [0.3, 0.4) is 0 Å². The van der Waals surface area contributed by atoms with Crippen LogP contribution in [-0.4, -0.2) is 37.6 Å². The molecule has 0 fully saturated rings. The first-order chi connectivity index (χ1) is 9.26. The zero-order chi connectivity index (χ0) is 15.8. The molecule has 2 nitrogen and oxygen atoms in total. The number of nitrogens with zero attached hydrogens (tertiary/aromatic N) is 1. The van der Waals surface area contributed by atoms with Gasteiger partial charge in [-0.05, 0) is 57.0 Å². The molecule has 2 heteroatoms. The van der Waals surface area contributed by atoms with Crippen LogP contribution >= 0.6 is 0 Å². The Morgan fingerprint density at radius 1 is 0.950 bits per heavy atom. The molecule has 122 valence electrons.